The number of aryl methyl sites for hydroxylation is 1. The van der Waals surface area contributed by atoms with Crippen molar-refractivity contribution < 1.29 is 9.15 Å². The molecule has 0 aliphatic carbocycles. The van der Waals surface area contributed by atoms with Gasteiger partial charge in [-0.15, -0.1) is 10.2 Å². The van der Waals surface area contributed by atoms with Crippen LogP contribution in [0.15, 0.2) is 22.7 Å². The minimum Gasteiger partial charge on any atom is -0.418 e. The molecule has 6 heteroatoms. The Balaban J connectivity index is 1.69. The third kappa shape index (κ3) is 3.58. The highest BCUT2D eigenvalue weighted by molar-refractivity contribution is 5.63. The van der Waals surface area contributed by atoms with Gasteiger partial charge in [0.2, 0.25) is 11.8 Å². The topological polar surface area (TPSA) is 64.3 Å². The molecule has 1 fully saturated rings. The summed E-state index contributed by atoms with van der Waals surface area (Å²) in [5.74, 6) is 0.983. The third-order valence-electron chi connectivity index (χ3n) is 3.51. The van der Waals surface area contributed by atoms with Crippen LogP contribution in [-0.2, 0) is 4.74 Å². The zero-order chi connectivity index (χ0) is 15.5. The van der Waals surface area contributed by atoms with Crippen LogP contribution >= 0.6 is 0 Å². The van der Waals surface area contributed by atoms with Crippen molar-refractivity contribution in [2.45, 2.75) is 26.1 Å². The smallest absolute Gasteiger partial charge is 0.246 e. The number of rotatable bonds is 3. The minimum absolute atomic E-state index is 0.159. The fourth-order valence-electron chi connectivity index (χ4n) is 2.48. The first-order valence-corrected chi connectivity index (χ1v) is 7.38. The molecule has 0 aromatic carbocycles. The van der Waals surface area contributed by atoms with E-state index in [4.69, 9.17) is 9.15 Å². The number of aromatic nitrogens is 3. The Morgan fingerprint density at radius 3 is 2.82 bits per heavy atom. The van der Waals surface area contributed by atoms with E-state index < -0.39 is 0 Å². The maximum atomic E-state index is 5.86. The highest BCUT2D eigenvalue weighted by Crippen LogP contribution is 2.23. The lowest BCUT2D eigenvalue weighted by atomic mass is 10.2. The van der Waals surface area contributed by atoms with Crippen LogP contribution in [0.1, 0.15) is 36.1 Å². The summed E-state index contributed by atoms with van der Waals surface area (Å²) in [4.78, 5) is 6.50. The van der Waals surface area contributed by atoms with Gasteiger partial charge in [0.1, 0.15) is 6.10 Å². The van der Waals surface area contributed by atoms with Gasteiger partial charge in [0.15, 0.2) is 0 Å². The SMILES string of the molecule is Cc1ccc(C=Cc2nnc([C@H]3CN(C)C[C@@H](C)O3)o2)nc1. The van der Waals surface area contributed by atoms with Gasteiger partial charge < -0.3 is 14.1 Å². The molecule has 3 rings (SSSR count). The van der Waals surface area contributed by atoms with E-state index in [0.717, 1.165) is 24.3 Å². The van der Waals surface area contributed by atoms with Crippen LogP contribution in [0.4, 0.5) is 0 Å². The zero-order valence-corrected chi connectivity index (χ0v) is 13.1. The number of morpholine rings is 1. The molecule has 2 aromatic rings. The molecule has 6 nitrogen and oxygen atoms in total. The maximum Gasteiger partial charge on any atom is 0.246 e. The van der Waals surface area contributed by atoms with E-state index in [1.807, 2.05) is 38.3 Å². The Kier molecular flexibility index (Phi) is 4.31. The molecule has 22 heavy (non-hydrogen) atoms. The van der Waals surface area contributed by atoms with Crippen molar-refractivity contribution in [1.29, 1.82) is 0 Å². The molecule has 0 amide bonds. The first-order chi connectivity index (χ1) is 10.6. The van der Waals surface area contributed by atoms with Gasteiger partial charge >= 0.3 is 0 Å². The summed E-state index contributed by atoms with van der Waals surface area (Å²) >= 11 is 0. The molecule has 0 saturated carbocycles. The Morgan fingerprint density at radius 2 is 2.09 bits per heavy atom. The van der Waals surface area contributed by atoms with Crippen LogP contribution in [-0.4, -0.2) is 46.3 Å². The number of pyridine rings is 1. The monoisotopic (exact) mass is 300 g/mol. The van der Waals surface area contributed by atoms with Crippen LogP contribution in [0.5, 0.6) is 0 Å². The van der Waals surface area contributed by atoms with Crippen molar-refractivity contribution in [2.75, 3.05) is 20.1 Å². The van der Waals surface area contributed by atoms with E-state index in [1.165, 1.54) is 0 Å². The summed E-state index contributed by atoms with van der Waals surface area (Å²) in [6.07, 6.45) is 5.44. The summed E-state index contributed by atoms with van der Waals surface area (Å²) in [5, 5.41) is 8.14. The second-order valence-electron chi connectivity index (χ2n) is 5.73. The summed E-state index contributed by atoms with van der Waals surface area (Å²) in [5.41, 5.74) is 1.98. The fraction of sp³-hybridized carbons (Fsp3) is 0.438. The summed E-state index contributed by atoms with van der Waals surface area (Å²) < 4.78 is 11.5. The van der Waals surface area contributed by atoms with Crippen LogP contribution < -0.4 is 0 Å². The van der Waals surface area contributed by atoms with Gasteiger partial charge in [-0.25, -0.2) is 0 Å². The molecule has 1 aliphatic heterocycles. The van der Waals surface area contributed by atoms with Crippen LogP contribution in [0, 0.1) is 6.92 Å². The van der Waals surface area contributed by atoms with E-state index in [2.05, 4.69) is 27.1 Å². The highest BCUT2D eigenvalue weighted by Gasteiger charge is 2.28. The average Bonchev–Trinajstić information content (AvgIpc) is 2.95. The van der Waals surface area contributed by atoms with Crippen molar-refractivity contribution in [3.63, 3.8) is 0 Å². The molecule has 0 bridgehead atoms. The molecule has 2 aromatic heterocycles. The van der Waals surface area contributed by atoms with Gasteiger partial charge in [-0.05, 0) is 38.6 Å². The Bertz CT molecular complexity index is 640. The number of hydrogen-bond acceptors (Lipinski definition) is 6. The number of hydrogen-bond donors (Lipinski definition) is 0. The molecule has 116 valence electrons. The Labute approximate surface area is 129 Å². The predicted molar refractivity (Wildman–Crippen MR) is 83.0 cm³/mol. The molecular formula is C16H20N4O2. The molecule has 0 spiro atoms. The molecular weight excluding hydrogens is 280 g/mol. The lowest BCUT2D eigenvalue weighted by molar-refractivity contribution is -0.0823. The molecule has 3 heterocycles. The van der Waals surface area contributed by atoms with Crippen LogP contribution in [0.25, 0.3) is 12.2 Å². The van der Waals surface area contributed by atoms with Crippen molar-refractivity contribution in [3.05, 3.63) is 41.4 Å². The summed E-state index contributed by atoms with van der Waals surface area (Å²) in [6, 6.07) is 3.96. The molecule has 0 N–H and O–H groups in total. The van der Waals surface area contributed by atoms with Gasteiger partial charge in [0.05, 0.1) is 11.8 Å². The van der Waals surface area contributed by atoms with Crippen molar-refractivity contribution in [3.8, 4) is 0 Å². The second-order valence-corrected chi connectivity index (χ2v) is 5.73. The first kappa shape index (κ1) is 14.9. The standard InChI is InChI=1S/C16H20N4O2/c1-11-4-5-13(17-8-11)6-7-15-18-19-16(22-15)14-10-20(3)9-12(2)21-14/h4-8,12,14H,9-10H2,1-3H3/t12-,14-/m1/s1. The minimum atomic E-state index is -0.166. The third-order valence-corrected chi connectivity index (χ3v) is 3.51. The Morgan fingerprint density at radius 1 is 1.23 bits per heavy atom. The normalized spacial score (nSPS) is 23.2. The number of nitrogens with zero attached hydrogens (tertiary/aromatic N) is 4. The maximum absolute atomic E-state index is 5.86. The fourth-order valence-corrected chi connectivity index (χ4v) is 2.48. The van der Waals surface area contributed by atoms with Crippen LogP contribution in [0.2, 0.25) is 0 Å². The number of likely N-dealkylation sites (N-methyl/N-ethyl adjacent to an activating group) is 1. The van der Waals surface area contributed by atoms with Crippen molar-refractivity contribution in [2.24, 2.45) is 0 Å². The van der Waals surface area contributed by atoms with Gasteiger partial charge in [-0.3, -0.25) is 4.98 Å². The highest BCUT2D eigenvalue weighted by atomic mass is 16.5. The van der Waals surface area contributed by atoms with E-state index in [-0.39, 0.29) is 12.2 Å². The first-order valence-electron chi connectivity index (χ1n) is 7.38. The quantitative estimate of drug-likeness (QED) is 0.867. The Hall–Kier alpha value is -2.05. The number of ether oxygens (including phenoxy) is 1. The molecule has 1 saturated heterocycles. The van der Waals surface area contributed by atoms with Crippen molar-refractivity contribution >= 4 is 12.2 Å². The van der Waals surface area contributed by atoms with E-state index >= 15 is 0 Å². The zero-order valence-electron chi connectivity index (χ0n) is 13.1. The van der Waals surface area contributed by atoms with E-state index in [1.54, 1.807) is 6.08 Å². The predicted octanol–water partition coefficient (Wildman–Crippen LogP) is 2.34. The second kappa shape index (κ2) is 6.37. The van der Waals surface area contributed by atoms with Crippen LogP contribution in [0.3, 0.4) is 0 Å². The van der Waals surface area contributed by atoms with Crippen molar-refractivity contribution in [1.82, 2.24) is 20.1 Å². The lowest BCUT2D eigenvalue weighted by Crippen LogP contribution is -2.40. The van der Waals surface area contributed by atoms with Gasteiger partial charge in [0.25, 0.3) is 0 Å². The summed E-state index contributed by atoms with van der Waals surface area (Å²) in [6.45, 7) is 5.72. The summed E-state index contributed by atoms with van der Waals surface area (Å²) in [7, 11) is 2.06. The van der Waals surface area contributed by atoms with E-state index in [0.29, 0.717) is 11.8 Å². The lowest BCUT2D eigenvalue weighted by Gasteiger charge is -2.32. The van der Waals surface area contributed by atoms with Gasteiger partial charge in [-0.2, -0.15) is 0 Å². The molecule has 1 aliphatic rings. The van der Waals surface area contributed by atoms with Gasteiger partial charge in [0, 0.05) is 25.4 Å². The molecule has 0 radical (unpaired) electrons. The average molecular weight is 300 g/mol. The largest absolute Gasteiger partial charge is 0.418 e. The molecule has 0 unspecified atom stereocenters. The van der Waals surface area contributed by atoms with E-state index in [9.17, 15) is 0 Å². The molecule has 2 atom stereocenters. The van der Waals surface area contributed by atoms with Gasteiger partial charge in [-0.1, -0.05) is 6.07 Å².